The van der Waals surface area contributed by atoms with Crippen molar-refractivity contribution >= 4 is 37.3 Å². The van der Waals surface area contributed by atoms with Crippen LogP contribution in [0, 0.1) is 40.9 Å². The number of phenolic OH excluding ortho intramolecular Hbond substituents is 2. The molecule has 0 aliphatic rings. The second-order valence-corrected chi connectivity index (χ2v) is 16.2. The zero-order chi connectivity index (χ0) is 47.2. The first kappa shape index (κ1) is 48.3. The Morgan fingerprint density at radius 1 is 0.561 bits per heavy atom. The molecule has 0 heterocycles. The van der Waals surface area contributed by atoms with Crippen LogP contribution < -0.4 is 30.6 Å². The van der Waals surface area contributed by atoms with Crippen molar-refractivity contribution in [3.63, 3.8) is 0 Å². The summed E-state index contributed by atoms with van der Waals surface area (Å²) in [5.74, 6) is 2.12. The van der Waals surface area contributed by atoms with Crippen LogP contribution in [0.4, 0.5) is 0 Å². The maximum absolute atomic E-state index is 12.2. The first-order valence-corrected chi connectivity index (χ1v) is 21.9. The van der Waals surface area contributed by atoms with Crippen molar-refractivity contribution in [3.8, 4) is 64.2 Å². The average molecular weight is 881 g/mol. The lowest BCUT2D eigenvalue weighted by Crippen LogP contribution is -2.62. The van der Waals surface area contributed by atoms with E-state index in [0.29, 0.717) is 82.3 Å². The number of nitriles is 3. The number of aryl methyl sites for hydroxylation is 1. The molecule has 4 N–H and O–H groups in total. The van der Waals surface area contributed by atoms with Gasteiger partial charge in [0, 0.05) is 17.6 Å². The minimum absolute atomic E-state index is 0.0855. The molecule has 12 nitrogen and oxygen atoms in total. The lowest BCUT2D eigenvalue weighted by atomic mass is 9.44. The van der Waals surface area contributed by atoms with Crippen molar-refractivity contribution in [3.05, 3.63) is 150 Å². The molecule has 2 unspecified atom stereocenters. The standard InChI is InChI=1S/C51H50B3N3O9/c1-5-7-9-50(52(60)46-26-23-43(30-48(46)58)63-40-18-12-37(33-56)13-19-40)65-53(45-25-22-42(29-35(45)3)62-39-16-10-36(32-55)11-17-39)51(4,28-8-6-2)66-54(61)47-27-24-44(31-49(47)59)64-41-20-14-38(34-57)15-21-41/h10-27,29-31,50,58-61H,5-9,28H2,1-4H3. The Bertz CT molecular complexity index is 2700. The number of hydrogen-bond acceptors (Lipinski definition) is 12. The summed E-state index contributed by atoms with van der Waals surface area (Å²) in [5.41, 5.74) is 1.91. The molecule has 0 bridgehead atoms. The van der Waals surface area contributed by atoms with E-state index in [-0.39, 0.29) is 22.4 Å². The largest absolute Gasteiger partial charge is 0.508 e. The van der Waals surface area contributed by atoms with Crippen LogP contribution in [0.25, 0.3) is 0 Å². The van der Waals surface area contributed by atoms with Crippen molar-refractivity contribution in [1.82, 2.24) is 0 Å². The fourth-order valence-electron chi connectivity index (χ4n) is 7.56. The first-order chi connectivity index (χ1) is 31.9. The summed E-state index contributed by atoms with van der Waals surface area (Å²) in [6, 6.07) is 39.8. The van der Waals surface area contributed by atoms with Gasteiger partial charge in [-0.3, -0.25) is 0 Å². The fraction of sp³-hybridized carbons (Fsp3) is 0.235. The zero-order valence-electron chi connectivity index (χ0n) is 37.3. The Balaban J connectivity index is 1.35. The summed E-state index contributed by atoms with van der Waals surface area (Å²) in [7, 11) is -1.65. The van der Waals surface area contributed by atoms with Crippen molar-refractivity contribution in [2.24, 2.45) is 0 Å². The Hall–Kier alpha value is -7.18. The molecule has 0 aromatic heterocycles. The predicted octanol–water partition coefficient (Wildman–Crippen LogP) is 8.49. The second-order valence-electron chi connectivity index (χ2n) is 16.2. The van der Waals surface area contributed by atoms with Crippen LogP contribution in [-0.4, -0.2) is 52.7 Å². The number of unbranched alkanes of at least 4 members (excludes halogenated alkanes) is 2. The van der Waals surface area contributed by atoms with Crippen molar-refractivity contribution < 1.29 is 43.8 Å². The van der Waals surface area contributed by atoms with E-state index in [2.05, 4.69) is 18.2 Å². The van der Waals surface area contributed by atoms with E-state index in [4.69, 9.17) is 28.8 Å². The molecular weight excluding hydrogens is 831 g/mol. The van der Waals surface area contributed by atoms with Gasteiger partial charge in [-0.05, 0) is 135 Å². The van der Waals surface area contributed by atoms with Gasteiger partial charge in [-0.25, -0.2) is 0 Å². The lowest BCUT2D eigenvalue weighted by molar-refractivity contribution is 0.101. The number of rotatable bonds is 21. The summed E-state index contributed by atoms with van der Waals surface area (Å²) < 4.78 is 31.8. The smallest absolute Gasteiger partial charge is 0.494 e. The third kappa shape index (κ3) is 12.3. The van der Waals surface area contributed by atoms with Gasteiger partial charge in [0.25, 0.3) is 0 Å². The topological polar surface area (TPSA) is 198 Å². The highest BCUT2D eigenvalue weighted by atomic mass is 16.6. The monoisotopic (exact) mass is 881 g/mol. The molecule has 66 heavy (non-hydrogen) atoms. The molecule has 6 rings (SSSR count). The van der Waals surface area contributed by atoms with Crippen molar-refractivity contribution in [2.75, 3.05) is 0 Å². The Morgan fingerprint density at radius 3 is 1.38 bits per heavy atom. The predicted molar refractivity (Wildman–Crippen MR) is 255 cm³/mol. The molecule has 6 aromatic carbocycles. The molecule has 332 valence electrons. The van der Waals surface area contributed by atoms with Crippen LogP contribution in [0.2, 0.25) is 0 Å². The van der Waals surface area contributed by atoms with Crippen LogP contribution in [0.3, 0.4) is 0 Å². The van der Waals surface area contributed by atoms with Gasteiger partial charge in [0.15, 0.2) is 0 Å². The zero-order valence-corrected chi connectivity index (χ0v) is 37.3. The maximum atomic E-state index is 12.2. The number of hydrogen-bond donors (Lipinski definition) is 4. The van der Waals surface area contributed by atoms with E-state index in [1.807, 2.05) is 39.8 Å². The summed E-state index contributed by atoms with van der Waals surface area (Å²) in [6.45, 7) is 5.55. The molecular formula is C51H50B3N3O9. The van der Waals surface area contributed by atoms with Crippen LogP contribution in [0.1, 0.15) is 81.5 Å². The van der Waals surface area contributed by atoms with Crippen LogP contribution in [-0.2, 0) is 9.31 Å². The molecule has 0 fully saturated rings. The van der Waals surface area contributed by atoms with Gasteiger partial charge in [0.05, 0.1) is 46.4 Å². The SMILES string of the molecule is CCCCC(OB(c1ccc(Oc2ccc(C#N)cc2)cc1C)C(C)(CCCC)OB(O)c1ccc(Oc2ccc(C#N)cc2)cc1O)B(O)c1ccc(Oc2ccc(C#N)cc2)cc1O. The van der Waals surface area contributed by atoms with E-state index in [1.165, 1.54) is 18.2 Å². The highest BCUT2D eigenvalue weighted by Gasteiger charge is 2.48. The molecule has 0 radical (unpaired) electrons. The Labute approximate surface area is 387 Å². The molecule has 6 aromatic rings. The van der Waals surface area contributed by atoms with E-state index in [0.717, 1.165) is 18.4 Å². The molecule has 0 amide bonds. The molecule has 0 aliphatic heterocycles. The fourth-order valence-corrected chi connectivity index (χ4v) is 7.56. The van der Waals surface area contributed by atoms with E-state index >= 15 is 0 Å². The Kier molecular flexibility index (Phi) is 16.6. The molecule has 15 heteroatoms. The van der Waals surface area contributed by atoms with Gasteiger partial charge in [-0.1, -0.05) is 63.3 Å². The number of ether oxygens (including phenoxy) is 3. The number of nitrogens with zero attached hydrogens (tertiary/aromatic N) is 3. The molecule has 0 saturated heterocycles. The molecule has 2 atom stereocenters. The summed E-state index contributed by atoms with van der Waals surface area (Å²) in [4.78, 5) is 0. The number of benzene rings is 6. The van der Waals surface area contributed by atoms with Gasteiger partial charge in [0.2, 0.25) is 0 Å². The third-order valence-electron chi connectivity index (χ3n) is 11.2. The van der Waals surface area contributed by atoms with Crippen LogP contribution in [0.5, 0.6) is 46.0 Å². The third-order valence-corrected chi connectivity index (χ3v) is 11.2. The minimum Gasteiger partial charge on any atom is -0.508 e. The van der Waals surface area contributed by atoms with Crippen molar-refractivity contribution in [2.45, 2.75) is 77.7 Å². The van der Waals surface area contributed by atoms with Crippen LogP contribution >= 0.6 is 0 Å². The van der Waals surface area contributed by atoms with E-state index in [9.17, 15) is 30.8 Å². The number of aromatic hydroxyl groups is 2. The lowest BCUT2D eigenvalue weighted by Gasteiger charge is -2.40. The maximum Gasteiger partial charge on any atom is 0.494 e. The minimum atomic E-state index is -1.65. The van der Waals surface area contributed by atoms with Gasteiger partial charge < -0.3 is 43.8 Å². The Morgan fingerprint density at radius 2 is 0.970 bits per heavy atom. The van der Waals surface area contributed by atoms with E-state index < -0.39 is 32.5 Å². The van der Waals surface area contributed by atoms with Gasteiger partial charge in [0.1, 0.15) is 46.0 Å². The second kappa shape index (κ2) is 22.6. The van der Waals surface area contributed by atoms with Gasteiger partial charge >= 0.3 is 20.9 Å². The highest BCUT2D eigenvalue weighted by molar-refractivity contribution is 6.74. The summed E-state index contributed by atoms with van der Waals surface area (Å²) >= 11 is 0. The quantitative estimate of drug-likeness (QED) is 0.0504. The van der Waals surface area contributed by atoms with E-state index in [1.54, 1.807) is 97.1 Å². The number of phenols is 2. The normalized spacial score (nSPS) is 12.1. The first-order valence-electron chi connectivity index (χ1n) is 21.9. The van der Waals surface area contributed by atoms with Crippen molar-refractivity contribution in [1.29, 1.82) is 15.8 Å². The summed E-state index contributed by atoms with van der Waals surface area (Å²) in [5, 5.41) is 74.3. The molecule has 0 saturated carbocycles. The molecule has 0 spiro atoms. The van der Waals surface area contributed by atoms with Gasteiger partial charge in [-0.2, -0.15) is 15.8 Å². The highest BCUT2D eigenvalue weighted by Crippen LogP contribution is 2.32. The molecule has 0 aliphatic carbocycles. The summed E-state index contributed by atoms with van der Waals surface area (Å²) in [6.07, 6.45) is 3.67. The van der Waals surface area contributed by atoms with Crippen LogP contribution in [0.15, 0.2) is 127 Å². The average Bonchev–Trinajstić information content (AvgIpc) is 3.32. The van der Waals surface area contributed by atoms with Gasteiger partial charge in [-0.15, -0.1) is 0 Å².